The van der Waals surface area contributed by atoms with Crippen LogP contribution in [0.2, 0.25) is 0 Å². The molecule has 0 aromatic carbocycles. The molecule has 2 atom stereocenters. The third kappa shape index (κ3) is 4.84. The molecule has 1 amide bonds. The van der Waals surface area contributed by atoms with E-state index in [4.69, 9.17) is 9.47 Å². The first-order valence-corrected chi connectivity index (χ1v) is 8.41. The van der Waals surface area contributed by atoms with Crippen LogP contribution < -0.4 is 0 Å². The molecule has 138 valence electrons. The number of allylic oxidation sites excluding steroid dienone is 2. The number of piperazine rings is 1. The second-order valence-corrected chi connectivity index (χ2v) is 7.17. The molecule has 2 unspecified atom stereocenters. The number of ether oxygens (including phenoxy) is 2. The average molecular weight is 350 g/mol. The lowest BCUT2D eigenvalue weighted by Gasteiger charge is -2.38. The molecule has 0 saturated carbocycles. The Bertz CT molecular complexity index is 583. The largest absolute Gasteiger partial charge is 0.469 e. The van der Waals surface area contributed by atoms with Crippen molar-refractivity contribution in [1.82, 2.24) is 9.80 Å². The zero-order chi connectivity index (χ0) is 18.6. The normalized spacial score (nSPS) is 23.8. The SMILES string of the molecule is COC(=O)C1C=CC(N2CCN(C(=O)OC(C)(C)C)CC2)=CC1C=O. The first-order chi connectivity index (χ1) is 11.7. The Morgan fingerprint density at radius 1 is 1.20 bits per heavy atom. The molecule has 1 fully saturated rings. The van der Waals surface area contributed by atoms with Crippen LogP contribution in [0.25, 0.3) is 0 Å². The number of esters is 1. The van der Waals surface area contributed by atoms with E-state index in [1.54, 1.807) is 17.1 Å². The highest BCUT2D eigenvalue weighted by atomic mass is 16.6. The van der Waals surface area contributed by atoms with Crippen molar-refractivity contribution >= 4 is 18.3 Å². The lowest BCUT2D eigenvalue weighted by molar-refractivity contribution is -0.145. The summed E-state index contributed by atoms with van der Waals surface area (Å²) in [5.74, 6) is -1.52. The van der Waals surface area contributed by atoms with Gasteiger partial charge in [-0.05, 0) is 32.9 Å². The van der Waals surface area contributed by atoms with Gasteiger partial charge >= 0.3 is 12.1 Å². The summed E-state index contributed by atoms with van der Waals surface area (Å²) in [5, 5.41) is 0. The summed E-state index contributed by atoms with van der Waals surface area (Å²) in [4.78, 5) is 38.9. The summed E-state index contributed by atoms with van der Waals surface area (Å²) in [5.41, 5.74) is 0.379. The first-order valence-electron chi connectivity index (χ1n) is 8.41. The van der Waals surface area contributed by atoms with E-state index < -0.39 is 23.4 Å². The quantitative estimate of drug-likeness (QED) is 0.568. The van der Waals surface area contributed by atoms with Gasteiger partial charge < -0.3 is 24.1 Å². The fourth-order valence-corrected chi connectivity index (χ4v) is 2.87. The predicted octanol–water partition coefficient (Wildman–Crippen LogP) is 1.60. The van der Waals surface area contributed by atoms with Crippen LogP contribution in [-0.4, -0.2) is 67.0 Å². The van der Waals surface area contributed by atoms with E-state index >= 15 is 0 Å². The average Bonchev–Trinajstić information content (AvgIpc) is 2.59. The van der Waals surface area contributed by atoms with Gasteiger partial charge in [0.15, 0.2) is 0 Å². The summed E-state index contributed by atoms with van der Waals surface area (Å²) in [6.07, 6.45) is 5.79. The van der Waals surface area contributed by atoms with Crippen LogP contribution in [0.1, 0.15) is 20.8 Å². The molecule has 2 rings (SSSR count). The van der Waals surface area contributed by atoms with E-state index in [1.807, 2.05) is 26.8 Å². The molecule has 25 heavy (non-hydrogen) atoms. The van der Waals surface area contributed by atoms with Crippen molar-refractivity contribution in [2.24, 2.45) is 11.8 Å². The van der Waals surface area contributed by atoms with Gasteiger partial charge in [0.1, 0.15) is 11.9 Å². The van der Waals surface area contributed by atoms with E-state index in [2.05, 4.69) is 4.90 Å². The van der Waals surface area contributed by atoms with Crippen molar-refractivity contribution < 1.29 is 23.9 Å². The van der Waals surface area contributed by atoms with E-state index in [0.717, 1.165) is 12.0 Å². The maximum atomic E-state index is 12.1. The molecule has 0 radical (unpaired) electrons. The molecular weight excluding hydrogens is 324 g/mol. The van der Waals surface area contributed by atoms with E-state index in [-0.39, 0.29) is 6.09 Å². The minimum Gasteiger partial charge on any atom is -0.469 e. The molecule has 1 aliphatic heterocycles. The molecule has 0 aromatic heterocycles. The molecule has 7 heteroatoms. The van der Waals surface area contributed by atoms with Gasteiger partial charge in [0.05, 0.1) is 18.9 Å². The van der Waals surface area contributed by atoms with Crippen LogP contribution >= 0.6 is 0 Å². The smallest absolute Gasteiger partial charge is 0.410 e. The van der Waals surface area contributed by atoms with Gasteiger partial charge in [-0.15, -0.1) is 0 Å². The number of carbonyl (C=O) groups excluding carboxylic acids is 3. The molecule has 1 saturated heterocycles. The number of nitrogens with zero attached hydrogens (tertiary/aromatic N) is 2. The second-order valence-electron chi connectivity index (χ2n) is 7.17. The standard InChI is InChI=1S/C18H26N2O5/c1-18(2,3)25-17(23)20-9-7-19(8-10-20)14-5-6-15(16(22)24-4)13(11-14)12-21/h5-6,11-13,15H,7-10H2,1-4H3. The zero-order valence-electron chi connectivity index (χ0n) is 15.2. The number of methoxy groups -OCH3 is 1. The van der Waals surface area contributed by atoms with E-state index in [0.29, 0.717) is 26.2 Å². The maximum absolute atomic E-state index is 12.1. The van der Waals surface area contributed by atoms with Crippen molar-refractivity contribution in [3.63, 3.8) is 0 Å². The van der Waals surface area contributed by atoms with Gasteiger partial charge in [-0.1, -0.05) is 6.08 Å². The first kappa shape index (κ1) is 19.0. The molecule has 0 spiro atoms. The summed E-state index contributed by atoms with van der Waals surface area (Å²) < 4.78 is 10.1. The molecular formula is C18H26N2O5. The van der Waals surface area contributed by atoms with Crippen molar-refractivity contribution in [2.75, 3.05) is 33.3 Å². The van der Waals surface area contributed by atoms with Crippen LogP contribution in [0.3, 0.4) is 0 Å². The fraction of sp³-hybridized carbons (Fsp3) is 0.611. The van der Waals surface area contributed by atoms with Crippen LogP contribution in [0.4, 0.5) is 4.79 Å². The summed E-state index contributed by atoms with van der Waals surface area (Å²) in [6, 6.07) is 0. The van der Waals surface area contributed by atoms with E-state index in [9.17, 15) is 14.4 Å². The Morgan fingerprint density at radius 3 is 2.36 bits per heavy atom. The van der Waals surface area contributed by atoms with Crippen LogP contribution in [-0.2, 0) is 19.1 Å². The fourth-order valence-electron chi connectivity index (χ4n) is 2.87. The molecule has 1 heterocycles. The van der Waals surface area contributed by atoms with Gasteiger partial charge in [-0.25, -0.2) is 4.79 Å². The minimum absolute atomic E-state index is 0.308. The summed E-state index contributed by atoms with van der Waals surface area (Å²) >= 11 is 0. The minimum atomic E-state index is -0.575. The monoisotopic (exact) mass is 350 g/mol. The van der Waals surface area contributed by atoms with E-state index in [1.165, 1.54) is 7.11 Å². The zero-order valence-corrected chi connectivity index (χ0v) is 15.2. The molecule has 2 aliphatic rings. The Kier molecular flexibility index (Phi) is 5.87. The lowest BCUT2D eigenvalue weighted by Crippen LogP contribution is -2.49. The topological polar surface area (TPSA) is 76.2 Å². The Hall–Kier alpha value is -2.31. The number of amides is 1. The van der Waals surface area contributed by atoms with Crippen molar-refractivity contribution in [3.05, 3.63) is 23.9 Å². The molecule has 0 bridgehead atoms. The highest BCUT2D eigenvalue weighted by molar-refractivity contribution is 5.80. The third-order valence-electron chi connectivity index (χ3n) is 4.18. The van der Waals surface area contributed by atoms with Crippen LogP contribution in [0.15, 0.2) is 23.9 Å². The second kappa shape index (κ2) is 7.72. The number of rotatable bonds is 3. The highest BCUT2D eigenvalue weighted by Gasteiger charge is 2.31. The third-order valence-corrected chi connectivity index (χ3v) is 4.18. The number of hydrogen-bond acceptors (Lipinski definition) is 6. The van der Waals surface area contributed by atoms with Gasteiger partial charge in [0.2, 0.25) is 0 Å². The number of hydrogen-bond donors (Lipinski definition) is 0. The predicted molar refractivity (Wildman–Crippen MR) is 91.7 cm³/mol. The molecule has 7 nitrogen and oxygen atoms in total. The Morgan fingerprint density at radius 2 is 1.84 bits per heavy atom. The van der Waals surface area contributed by atoms with Crippen LogP contribution in [0.5, 0.6) is 0 Å². The molecule has 0 aromatic rings. The van der Waals surface area contributed by atoms with Gasteiger partial charge in [0.25, 0.3) is 0 Å². The summed E-state index contributed by atoms with van der Waals surface area (Å²) in [6.45, 7) is 7.91. The van der Waals surface area contributed by atoms with Gasteiger partial charge in [-0.3, -0.25) is 4.79 Å². The van der Waals surface area contributed by atoms with Crippen molar-refractivity contribution in [2.45, 2.75) is 26.4 Å². The Labute approximate surface area is 148 Å². The van der Waals surface area contributed by atoms with Gasteiger partial charge in [0, 0.05) is 31.9 Å². The Balaban J connectivity index is 1.96. The number of carbonyl (C=O) groups is 3. The molecule has 0 N–H and O–H groups in total. The van der Waals surface area contributed by atoms with Gasteiger partial charge in [-0.2, -0.15) is 0 Å². The number of aldehydes is 1. The van der Waals surface area contributed by atoms with Crippen LogP contribution in [0, 0.1) is 11.8 Å². The summed E-state index contributed by atoms with van der Waals surface area (Å²) in [7, 11) is 1.31. The lowest BCUT2D eigenvalue weighted by atomic mass is 9.88. The molecule has 1 aliphatic carbocycles. The highest BCUT2D eigenvalue weighted by Crippen LogP contribution is 2.25. The van der Waals surface area contributed by atoms with Crippen molar-refractivity contribution in [3.8, 4) is 0 Å². The van der Waals surface area contributed by atoms with Crippen molar-refractivity contribution in [1.29, 1.82) is 0 Å². The maximum Gasteiger partial charge on any atom is 0.410 e.